The van der Waals surface area contributed by atoms with E-state index in [2.05, 4.69) is 10.4 Å². The molecule has 0 unspecified atom stereocenters. The second-order valence-electron chi connectivity index (χ2n) is 7.75. The number of carbonyl (C=O) groups is 2. The van der Waals surface area contributed by atoms with E-state index < -0.39 is 0 Å². The molecule has 1 fully saturated rings. The van der Waals surface area contributed by atoms with Crippen molar-refractivity contribution in [2.45, 2.75) is 45.6 Å². The number of likely N-dealkylation sites (tertiary alicyclic amines) is 1. The molecule has 0 saturated carbocycles. The topological polar surface area (TPSA) is 89.6 Å². The second kappa shape index (κ2) is 8.41. The molecule has 0 radical (unpaired) electrons. The van der Waals surface area contributed by atoms with E-state index in [-0.39, 0.29) is 18.4 Å². The lowest BCUT2D eigenvalue weighted by Crippen LogP contribution is -2.29. The van der Waals surface area contributed by atoms with E-state index in [1.165, 1.54) is 0 Å². The number of ether oxygens (including phenoxy) is 1. The zero-order valence-corrected chi connectivity index (χ0v) is 17.1. The van der Waals surface area contributed by atoms with Crippen LogP contribution in [0.15, 0.2) is 10.6 Å². The zero-order chi connectivity index (χ0) is 20.4. The Hall–Kier alpha value is -2.61. The molecule has 4 rings (SSSR count). The van der Waals surface area contributed by atoms with Gasteiger partial charge >= 0.3 is 0 Å². The summed E-state index contributed by atoms with van der Waals surface area (Å²) in [6.45, 7) is 4.90. The van der Waals surface area contributed by atoms with Crippen molar-refractivity contribution in [1.82, 2.24) is 20.0 Å². The van der Waals surface area contributed by atoms with E-state index in [0.717, 1.165) is 73.3 Å². The van der Waals surface area contributed by atoms with Crippen LogP contribution in [0.25, 0.3) is 11.3 Å². The quantitative estimate of drug-likeness (QED) is 0.718. The van der Waals surface area contributed by atoms with Gasteiger partial charge in [0.05, 0.1) is 5.69 Å². The molecule has 0 bridgehead atoms. The van der Waals surface area contributed by atoms with Gasteiger partial charge in [-0.2, -0.15) is 5.10 Å². The van der Waals surface area contributed by atoms with Crippen molar-refractivity contribution in [2.24, 2.45) is 0 Å². The van der Waals surface area contributed by atoms with Gasteiger partial charge in [-0.25, -0.2) is 0 Å². The highest BCUT2D eigenvalue weighted by atomic mass is 16.5. The summed E-state index contributed by atoms with van der Waals surface area (Å²) in [6.07, 6.45) is 6.35. The summed E-state index contributed by atoms with van der Waals surface area (Å²) >= 11 is 0. The number of aryl methyl sites for hydroxylation is 2. The van der Waals surface area contributed by atoms with Crippen molar-refractivity contribution in [3.05, 3.63) is 28.8 Å². The first-order valence-electron chi connectivity index (χ1n) is 10.3. The zero-order valence-electron chi connectivity index (χ0n) is 17.1. The molecule has 0 atom stereocenters. The Kier molecular flexibility index (Phi) is 5.71. The predicted octanol–water partition coefficient (Wildman–Crippen LogP) is 1.94. The Morgan fingerprint density at radius 1 is 1.28 bits per heavy atom. The van der Waals surface area contributed by atoms with Crippen LogP contribution in [0.3, 0.4) is 0 Å². The summed E-state index contributed by atoms with van der Waals surface area (Å²) in [4.78, 5) is 26.9. The van der Waals surface area contributed by atoms with Crippen molar-refractivity contribution in [2.75, 3.05) is 33.4 Å². The second-order valence-corrected chi connectivity index (χ2v) is 7.75. The minimum Gasteiger partial charge on any atom is -0.455 e. The third kappa shape index (κ3) is 3.94. The van der Waals surface area contributed by atoms with Gasteiger partial charge in [0.25, 0.3) is 5.91 Å². The summed E-state index contributed by atoms with van der Waals surface area (Å²) in [5, 5.41) is 7.53. The third-order valence-corrected chi connectivity index (χ3v) is 5.66. The van der Waals surface area contributed by atoms with Crippen LogP contribution in [0.2, 0.25) is 0 Å². The smallest absolute Gasteiger partial charge is 0.289 e. The lowest BCUT2D eigenvalue weighted by Gasteiger charge is -2.13. The maximum absolute atomic E-state index is 12.8. The number of fused-ring (bicyclic) bond motifs is 3. The van der Waals surface area contributed by atoms with E-state index in [0.29, 0.717) is 18.9 Å². The van der Waals surface area contributed by atoms with E-state index in [1.807, 2.05) is 18.0 Å². The molecule has 29 heavy (non-hydrogen) atoms. The number of carbonyl (C=O) groups excluding carboxylic acids is 2. The molecule has 8 heteroatoms. The highest BCUT2D eigenvalue weighted by Gasteiger charge is 2.32. The molecular weight excluding hydrogens is 372 g/mol. The molecule has 0 spiro atoms. The van der Waals surface area contributed by atoms with Crippen LogP contribution < -0.4 is 5.32 Å². The fourth-order valence-electron chi connectivity index (χ4n) is 4.16. The number of amides is 2. The van der Waals surface area contributed by atoms with Gasteiger partial charge in [0.15, 0.2) is 5.76 Å². The Morgan fingerprint density at radius 2 is 2.07 bits per heavy atom. The van der Waals surface area contributed by atoms with Crippen LogP contribution in [0, 0.1) is 6.92 Å². The van der Waals surface area contributed by atoms with Gasteiger partial charge in [0.1, 0.15) is 12.3 Å². The highest BCUT2D eigenvalue weighted by Crippen LogP contribution is 2.38. The van der Waals surface area contributed by atoms with Crippen LogP contribution in [0.1, 0.15) is 46.7 Å². The summed E-state index contributed by atoms with van der Waals surface area (Å²) in [5.41, 5.74) is 3.70. The number of nitrogens with one attached hydrogen (secondary N) is 1. The molecule has 0 aromatic carbocycles. The molecule has 2 amide bonds. The number of methoxy groups -OCH3 is 1. The van der Waals surface area contributed by atoms with Gasteiger partial charge in [0, 0.05) is 57.1 Å². The van der Waals surface area contributed by atoms with Crippen LogP contribution in [-0.4, -0.2) is 59.8 Å². The average Bonchev–Trinajstić information content (AvgIpc) is 3.43. The molecule has 3 heterocycles. The average molecular weight is 400 g/mol. The molecule has 2 aromatic heterocycles. The predicted molar refractivity (Wildman–Crippen MR) is 107 cm³/mol. The van der Waals surface area contributed by atoms with Crippen LogP contribution in [0.4, 0.5) is 0 Å². The molecule has 1 aliphatic carbocycles. The number of hydrogen-bond donors (Lipinski definition) is 1. The van der Waals surface area contributed by atoms with Crippen molar-refractivity contribution in [3.63, 3.8) is 0 Å². The summed E-state index contributed by atoms with van der Waals surface area (Å²) in [5.74, 6) is 1.17. The minimum absolute atomic E-state index is 0.0224. The minimum atomic E-state index is -0.0741. The van der Waals surface area contributed by atoms with Gasteiger partial charge in [0.2, 0.25) is 5.91 Å². The molecule has 1 N–H and O–H groups in total. The van der Waals surface area contributed by atoms with E-state index >= 15 is 0 Å². The first-order valence-corrected chi connectivity index (χ1v) is 10.3. The van der Waals surface area contributed by atoms with Crippen LogP contribution in [0.5, 0.6) is 0 Å². The van der Waals surface area contributed by atoms with Crippen molar-refractivity contribution in [1.29, 1.82) is 0 Å². The molecular formula is C21H28N4O4. The Balaban J connectivity index is 1.51. The normalized spacial score (nSPS) is 15.3. The largest absolute Gasteiger partial charge is 0.455 e. The van der Waals surface area contributed by atoms with Gasteiger partial charge in [-0.3, -0.25) is 14.3 Å². The van der Waals surface area contributed by atoms with Crippen molar-refractivity contribution >= 4 is 11.8 Å². The molecule has 2 aliphatic rings. The van der Waals surface area contributed by atoms with Gasteiger partial charge in [-0.05, 0) is 38.2 Å². The maximum atomic E-state index is 12.8. The fraction of sp³-hybridized carbons (Fsp3) is 0.571. The van der Waals surface area contributed by atoms with Gasteiger partial charge < -0.3 is 19.4 Å². The first-order chi connectivity index (χ1) is 14.1. The van der Waals surface area contributed by atoms with Gasteiger partial charge in [-0.15, -0.1) is 0 Å². The fourth-order valence-corrected chi connectivity index (χ4v) is 4.16. The number of nitrogens with zero attached hydrogens (tertiary/aromatic N) is 3. The molecule has 1 saturated heterocycles. The van der Waals surface area contributed by atoms with Gasteiger partial charge in [-0.1, -0.05) is 0 Å². The van der Waals surface area contributed by atoms with E-state index in [4.69, 9.17) is 9.15 Å². The van der Waals surface area contributed by atoms with Crippen LogP contribution >= 0.6 is 0 Å². The lowest BCUT2D eigenvalue weighted by atomic mass is 9.93. The highest BCUT2D eigenvalue weighted by molar-refractivity contribution is 5.95. The number of aromatic nitrogens is 2. The Bertz CT molecular complexity index is 908. The molecule has 1 aliphatic heterocycles. The molecule has 2 aromatic rings. The third-order valence-electron chi connectivity index (χ3n) is 5.66. The van der Waals surface area contributed by atoms with E-state index in [1.54, 1.807) is 11.8 Å². The SMILES string of the molecule is COCCCNC(=O)Cn1cc2c(n1)-c1c(oc(C(=O)N3CCCC3)c1C)CC2. The van der Waals surface area contributed by atoms with E-state index in [9.17, 15) is 9.59 Å². The maximum Gasteiger partial charge on any atom is 0.289 e. The summed E-state index contributed by atoms with van der Waals surface area (Å²) in [6, 6.07) is 0. The number of hydrogen-bond acceptors (Lipinski definition) is 5. The summed E-state index contributed by atoms with van der Waals surface area (Å²) < 4.78 is 12.7. The Morgan fingerprint density at radius 3 is 2.83 bits per heavy atom. The molecule has 8 nitrogen and oxygen atoms in total. The first kappa shape index (κ1) is 19.7. The Labute approximate surface area is 170 Å². The van der Waals surface area contributed by atoms with Crippen LogP contribution in [-0.2, 0) is 28.9 Å². The number of rotatable bonds is 7. The number of furan rings is 1. The van der Waals surface area contributed by atoms with Crippen molar-refractivity contribution in [3.8, 4) is 11.3 Å². The monoisotopic (exact) mass is 400 g/mol. The summed E-state index contributed by atoms with van der Waals surface area (Å²) in [7, 11) is 1.65. The molecule has 156 valence electrons. The standard InChI is InChI=1S/C21H28N4O4/c1-14-18-16(29-20(14)21(27)24-9-3-4-10-24)7-6-15-12-25(23-19(15)18)13-17(26)22-8-5-11-28-2/h12H,3-11,13H2,1-2H3,(H,22,26). The van der Waals surface area contributed by atoms with Crippen molar-refractivity contribution < 1.29 is 18.7 Å². The lowest BCUT2D eigenvalue weighted by molar-refractivity contribution is -0.121.